The molecule has 4 rings (SSSR count). The number of rotatable bonds is 4. The molecule has 0 saturated carbocycles. The Balaban J connectivity index is 1.75. The molecule has 3 heterocycles. The minimum Gasteiger partial charge on any atom is -0.495 e. The van der Waals surface area contributed by atoms with Gasteiger partial charge in [0.05, 0.1) is 18.4 Å². The Morgan fingerprint density at radius 2 is 2.07 bits per heavy atom. The second-order valence-corrected chi connectivity index (χ2v) is 6.12. The lowest BCUT2D eigenvalue weighted by Gasteiger charge is -2.26. The highest BCUT2D eigenvalue weighted by Crippen LogP contribution is 2.36. The normalized spacial score (nSPS) is 15.9. The van der Waals surface area contributed by atoms with Crippen molar-refractivity contribution in [3.63, 3.8) is 0 Å². The summed E-state index contributed by atoms with van der Waals surface area (Å²) in [5.74, 6) is 2.03. The first kappa shape index (κ1) is 16.8. The van der Waals surface area contributed by atoms with E-state index in [4.69, 9.17) is 9.15 Å². The highest BCUT2D eigenvalue weighted by atomic mass is 16.5. The fraction of sp³-hybridized carbons (Fsp3) is 0.222. The molecule has 1 aliphatic rings. The quantitative estimate of drug-likeness (QED) is 0.730. The summed E-state index contributed by atoms with van der Waals surface area (Å²) >= 11 is 0. The Bertz CT molecular complexity index is 1040. The Morgan fingerprint density at radius 3 is 2.81 bits per heavy atom. The second-order valence-electron chi connectivity index (χ2n) is 6.12. The van der Waals surface area contributed by atoms with E-state index in [1.807, 2.05) is 31.2 Å². The molecular formula is C18H18N6O3. The van der Waals surface area contributed by atoms with E-state index in [0.29, 0.717) is 34.4 Å². The van der Waals surface area contributed by atoms with Crippen LogP contribution in [-0.4, -0.2) is 33.2 Å². The number of carbonyl (C=O) groups excluding carboxylic acids is 1. The van der Waals surface area contributed by atoms with Gasteiger partial charge in [-0.05, 0) is 48.5 Å². The number of benzene rings is 1. The van der Waals surface area contributed by atoms with Gasteiger partial charge >= 0.3 is 0 Å². The molecule has 27 heavy (non-hydrogen) atoms. The van der Waals surface area contributed by atoms with Gasteiger partial charge in [-0.1, -0.05) is 17.2 Å². The molecule has 1 amide bonds. The highest BCUT2D eigenvalue weighted by Gasteiger charge is 2.36. The Kier molecular flexibility index (Phi) is 4.11. The van der Waals surface area contributed by atoms with Crippen LogP contribution in [0.15, 0.2) is 52.1 Å². The highest BCUT2D eigenvalue weighted by molar-refractivity contribution is 6.06. The summed E-state index contributed by atoms with van der Waals surface area (Å²) in [5.41, 5.74) is 1.67. The molecule has 1 aliphatic heterocycles. The van der Waals surface area contributed by atoms with Crippen LogP contribution >= 0.6 is 0 Å². The van der Waals surface area contributed by atoms with Crippen LogP contribution in [0.2, 0.25) is 0 Å². The van der Waals surface area contributed by atoms with Gasteiger partial charge in [0, 0.05) is 5.70 Å². The summed E-state index contributed by atoms with van der Waals surface area (Å²) < 4.78 is 12.6. The molecule has 0 saturated heterocycles. The lowest BCUT2D eigenvalue weighted by molar-refractivity contribution is -0.113. The summed E-state index contributed by atoms with van der Waals surface area (Å²) in [5, 5.41) is 17.7. The molecule has 0 spiro atoms. The largest absolute Gasteiger partial charge is 0.495 e. The number of ether oxygens (including phenoxy) is 1. The number of allylic oxidation sites excluding steroid dienone is 1. The monoisotopic (exact) mass is 366 g/mol. The fourth-order valence-corrected chi connectivity index (χ4v) is 3.11. The predicted octanol–water partition coefficient (Wildman–Crippen LogP) is 2.51. The number of hydrogen-bond acceptors (Lipinski definition) is 7. The van der Waals surface area contributed by atoms with Crippen LogP contribution in [0.3, 0.4) is 0 Å². The van der Waals surface area contributed by atoms with Gasteiger partial charge in [0.2, 0.25) is 5.95 Å². The van der Waals surface area contributed by atoms with Crippen molar-refractivity contribution >= 4 is 17.5 Å². The number of tetrazole rings is 1. The van der Waals surface area contributed by atoms with Crippen LogP contribution in [0, 0.1) is 6.92 Å². The van der Waals surface area contributed by atoms with Gasteiger partial charge in [-0.2, -0.15) is 4.68 Å². The minimum atomic E-state index is -0.584. The zero-order valence-corrected chi connectivity index (χ0v) is 15.1. The van der Waals surface area contributed by atoms with E-state index < -0.39 is 6.04 Å². The SMILES string of the molecule is COc1ccccc1NC(=O)C1=C(C)Nc2nnnn2[C@@H]1c1ccc(C)o1. The lowest BCUT2D eigenvalue weighted by Crippen LogP contribution is -2.31. The van der Waals surface area contributed by atoms with Gasteiger partial charge < -0.3 is 19.8 Å². The number of furan rings is 1. The van der Waals surface area contributed by atoms with Crippen molar-refractivity contribution in [1.29, 1.82) is 0 Å². The van der Waals surface area contributed by atoms with E-state index in [0.717, 1.165) is 5.76 Å². The second kappa shape index (κ2) is 6.60. The maximum atomic E-state index is 13.2. The molecule has 9 nitrogen and oxygen atoms in total. The summed E-state index contributed by atoms with van der Waals surface area (Å²) in [6.07, 6.45) is 0. The summed E-state index contributed by atoms with van der Waals surface area (Å²) in [6, 6.07) is 10.3. The van der Waals surface area contributed by atoms with E-state index in [1.54, 1.807) is 26.2 Å². The number of aryl methyl sites for hydroxylation is 1. The van der Waals surface area contributed by atoms with Gasteiger partial charge in [0.15, 0.2) is 0 Å². The third-order valence-electron chi connectivity index (χ3n) is 4.34. The molecule has 0 aliphatic carbocycles. The zero-order chi connectivity index (χ0) is 19.0. The molecule has 3 aromatic rings. The molecule has 138 valence electrons. The first-order chi connectivity index (χ1) is 13.1. The molecule has 1 aromatic carbocycles. The molecule has 0 unspecified atom stereocenters. The summed E-state index contributed by atoms with van der Waals surface area (Å²) in [4.78, 5) is 13.2. The van der Waals surface area contributed by atoms with E-state index in [9.17, 15) is 4.79 Å². The molecule has 9 heteroatoms. The van der Waals surface area contributed by atoms with Gasteiger partial charge in [-0.3, -0.25) is 4.79 Å². The average Bonchev–Trinajstić information content (AvgIpc) is 3.29. The van der Waals surface area contributed by atoms with Gasteiger partial charge in [-0.25, -0.2) is 0 Å². The number of hydrogen-bond donors (Lipinski definition) is 2. The number of fused-ring (bicyclic) bond motifs is 1. The third kappa shape index (κ3) is 2.92. The van der Waals surface area contributed by atoms with Crippen molar-refractivity contribution in [2.45, 2.75) is 19.9 Å². The number of anilines is 2. The number of methoxy groups -OCH3 is 1. The van der Waals surface area contributed by atoms with Crippen LogP contribution < -0.4 is 15.4 Å². The van der Waals surface area contributed by atoms with Crippen molar-refractivity contribution < 1.29 is 13.9 Å². The first-order valence-electron chi connectivity index (χ1n) is 8.35. The Morgan fingerprint density at radius 1 is 1.26 bits per heavy atom. The molecule has 2 N–H and O–H groups in total. The number of nitrogens with zero attached hydrogens (tertiary/aromatic N) is 4. The standard InChI is InChI=1S/C18H18N6O3/c1-10-8-9-14(27-10)16-15(11(2)19-18-21-22-23-24(16)18)17(25)20-12-6-4-5-7-13(12)26-3/h4-9,16H,1-3H3,(H,20,25)(H,19,21,23)/t16-/m1/s1. The van der Waals surface area contributed by atoms with Gasteiger partial charge in [-0.15, -0.1) is 0 Å². The number of nitrogens with one attached hydrogen (secondary N) is 2. The van der Waals surface area contributed by atoms with E-state index >= 15 is 0 Å². The number of amides is 1. The molecule has 1 atom stereocenters. The summed E-state index contributed by atoms with van der Waals surface area (Å²) in [7, 11) is 1.56. The zero-order valence-electron chi connectivity index (χ0n) is 15.1. The van der Waals surface area contributed by atoms with E-state index in [2.05, 4.69) is 26.2 Å². The fourth-order valence-electron chi connectivity index (χ4n) is 3.11. The van der Waals surface area contributed by atoms with Gasteiger partial charge in [0.25, 0.3) is 5.91 Å². The molecule has 0 bridgehead atoms. The molecule has 2 aromatic heterocycles. The third-order valence-corrected chi connectivity index (χ3v) is 4.34. The van der Waals surface area contributed by atoms with Crippen LogP contribution in [0.25, 0.3) is 0 Å². The first-order valence-corrected chi connectivity index (χ1v) is 8.35. The number of para-hydroxylation sites is 2. The molecular weight excluding hydrogens is 348 g/mol. The number of aromatic nitrogens is 4. The van der Waals surface area contributed by atoms with Gasteiger partial charge in [0.1, 0.15) is 23.3 Å². The minimum absolute atomic E-state index is 0.301. The van der Waals surface area contributed by atoms with Crippen molar-refractivity contribution in [2.75, 3.05) is 17.7 Å². The average molecular weight is 366 g/mol. The lowest BCUT2D eigenvalue weighted by atomic mass is 10.00. The molecule has 0 radical (unpaired) electrons. The smallest absolute Gasteiger partial charge is 0.256 e. The van der Waals surface area contributed by atoms with Crippen LogP contribution in [0.4, 0.5) is 11.6 Å². The summed E-state index contributed by atoms with van der Waals surface area (Å²) in [6.45, 7) is 3.65. The maximum Gasteiger partial charge on any atom is 0.256 e. The van der Waals surface area contributed by atoms with Crippen LogP contribution in [0.1, 0.15) is 24.5 Å². The number of carbonyl (C=O) groups is 1. The van der Waals surface area contributed by atoms with Crippen molar-refractivity contribution in [1.82, 2.24) is 20.2 Å². The Labute approximate surface area is 155 Å². The topological polar surface area (TPSA) is 107 Å². The van der Waals surface area contributed by atoms with E-state index in [1.165, 1.54) is 4.68 Å². The van der Waals surface area contributed by atoms with Crippen molar-refractivity contribution in [2.24, 2.45) is 0 Å². The van der Waals surface area contributed by atoms with Crippen molar-refractivity contribution in [3.8, 4) is 5.75 Å². The molecule has 0 fully saturated rings. The van der Waals surface area contributed by atoms with E-state index in [-0.39, 0.29) is 5.91 Å². The van der Waals surface area contributed by atoms with Crippen LogP contribution in [0.5, 0.6) is 5.75 Å². The van der Waals surface area contributed by atoms with Crippen molar-refractivity contribution in [3.05, 3.63) is 59.2 Å². The Hall–Kier alpha value is -3.62. The predicted molar refractivity (Wildman–Crippen MR) is 97.3 cm³/mol. The van der Waals surface area contributed by atoms with Crippen LogP contribution in [-0.2, 0) is 4.79 Å². The maximum absolute atomic E-state index is 13.2.